The Morgan fingerprint density at radius 3 is 1.50 bits per heavy atom. The van der Waals surface area contributed by atoms with E-state index in [1.807, 2.05) is 18.0 Å². The van der Waals surface area contributed by atoms with E-state index in [0.717, 1.165) is 0 Å². The average molecular weight is 155 g/mol. The zero-order valence-electron chi connectivity index (χ0n) is 3.95. The molecule has 0 amide bonds. The van der Waals surface area contributed by atoms with Crippen molar-refractivity contribution >= 4 is 15.9 Å². The normalized spacial score (nSPS) is 6.33. The van der Waals surface area contributed by atoms with Gasteiger partial charge < -0.3 is 12.3 Å². The van der Waals surface area contributed by atoms with Gasteiger partial charge in [0, 0.05) is 0 Å². The largest absolute Gasteiger partial charge is 0.344 e. The van der Waals surface area contributed by atoms with Crippen LogP contribution in [0.1, 0.15) is 6.92 Å². The molecule has 3 heteroatoms. The minimum absolute atomic E-state index is 0. The Balaban J connectivity index is -0.0000000450. The fraction of sp³-hybridized carbons (Fsp3) is 0.333. The summed E-state index contributed by atoms with van der Waals surface area (Å²) in [6.07, 6.45) is 1.92. The van der Waals surface area contributed by atoms with Gasteiger partial charge in [0.15, 0.2) is 0 Å². The fourth-order valence-corrected chi connectivity index (χ4v) is 0. The summed E-state index contributed by atoms with van der Waals surface area (Å²) >= 11 is 3.07. The van der Waals surface area contributed by atoms with Crippen LogP contribution in [0.25, 0.3) is 0 Å². The van der Waals surface area contributed by atoms with Crippen LogP contribution < -0.4 is 12.3 Å². The van der Waals surface area contributed by atoms with Crippen LogP contribution in [-0.4, -0.2) is 0 Å². The van der Waals surface area contributed by atoms with Crippen molar-refractivity contribution in [2.45, 2.75) is 6.92 Å². The van der Waals surface area contributed by atoms with Crippen LogP contribution in [0.5, 0.6) is 0 Å². The van der Waals surface area contributed by atoms with E-state index >= 15 is 0 Å². The molecule has 6 heavy (non-hydrogen) atoms. The maximum absolute atomic E-state index is 3.07. The Kier molecular flexibility index (Phi) is 52.7. The molecule has 0 atom stereocenters. The first-order valence-corrected chi connectivity index (χ1v) is 2.04. The van der Waals surface area contributed by atoms with Gasteiger partial charge in [-0.1, -0.05) is 22.0 Å². The second-order valence-corrected chi connectivity index (χ2v) is 0.988. The van der Waals surface area contributed by atoms with E-state index in [-0.39, 0.29) is 12.3 Å². The van der Waals surface area contributed by atoms with Gasteiger partial charge in [0.2, 0.25) is 0 Å². The Hall–Kier alpha value is 0.140. The van der Waals surface area contributed by atoms with Crippen LogP contribution >= 0.6 is 15.9 Å². The molecular formula is C3H11BrN2. The molecule has 0 aliphatic heterocycles. The highest BCUT2D eigenvalue weighted by molar-refractivity contribution is 9.11. The lowest BCUT2D eigenvalue weighted by Crippen LogP contribution is -1.19. The van der Waals surface area contributed by atoms with Crippen molar-refractivity contribution in [2.24, 2.45) is 0 Å². The molecule has 40 valence electrons. The molecular weight excluding hydrogens is 144 g/mol. The lowest BCUT2D eigenvalue weighted by Gasteiger charge is -1.47. The molecule has 0 fully saturated rings. The highest BCUT2D eigenvalue weighted by Gasteiger charge is 1.36. The van der Waals surface area contributed by atoms with Crippen molar-refractivity contribution in [3.63, 3.8) is 0 Å². The summed E-state index contributed by atoms with van der Waals surface area (Å²) in [7, 11) is 0. The summed E-state index contributed by atoms with van der Waals surface area (Å²) in [5, 5.41) is 0. The molecule has 0 spiro atoms. The van der Waals surface area contributed by atoms with Crippen LogP contribution in [0, 0.1) is 0 Å². The summed E-state index contributed by atoms with van der Waals surface area (Å²) in [5.74, 6) is 0. The lowest BCUT2D eigenvalue weighted by molar-refractivity contribution is 1.79. The van der Waals surface area contributed by atoms with Gasteiger partial charge in [-0.2, -0.15) is 0 Å². The summed E-state index contributed by atoms with van der Waals surface area (Å²) in [6, 6.07) is 0. The number of hydrogen-bond donors (Lipinski definition) is 2. The van der Waals surface area contributed by atoms with Crippen molar-refractivity contribution in [2.75, 3.05) is 0 Å². The second-order valence-electron chi connectivity index (χ2n) is 0.459. The van der Waals surface area contributed by atoms with E-state index in [1.165, 1.54) is 0 Å². The van der Waals surface area contributed by atoms with Crippen molar-refractivity contribution in [3.8, 4) is 0 Å². The quantitative estimate of drug-likeness (QED) is 0.563. The maximum Gasteiger partial charge on any atom is -0.0232 e. The van der Waals surface area contributed by atoms with Crippen LogP contribution in [0.15, 0.2) is 11.1 Å². The van der Waals surface area contributed by atoms with E-state index in [9.17, 15) is 0 Å². The Labute approximate surface area is 46.9 Å². The minimum Gasteiger partial charge on any atom is -0.344 e. The molecule has 6 N–H and O–H groups in total. The molecule has 2 nitrogen and oxygen atoms in total. The van der Waals surface area contributed by atoms with Gasteiger partial charge in [-0.05, 0) is 11.9 Å². The molecule has 0 radical (unpaired) electrons. The summed E-state index contributed by atoms with van der Waals surface area (Å²) in [4.78, 5) is 1.81. The molecule has 0 saturated carbocycles. The molecule has 0 rings (SSSR count). The first kappa shape index (κ1) is 16.5. The van der Waals surface area contributed by atoms with E-state index in [2.05, 4.69) is 15.9 Å². The predicted octanol–water partition coefficient (Wildman–Crippen LogP) is 2.24. The molecule has 0 aliphatic rings. The summed E-state index contributed by atoms with van der Waals surface area (Å²) in [6.45, 7) is 1.95. The Morgan fingerprint density at radius 2 is 1.50 bits per heavy atom. The lowest BCUT2D eigenvalue weighted by atomic mass is 10.8. The van der Waals surface area contributed by atoms with Gasteiger partial charge in [-0.25, -0.2) is 0 Å². The number of allylic oxidation sites excluding steroid dienone is 1. The zero-order valence-corrected chi connectivity index (χ0v) is 5.53. The SMILES string of the molecule is CC=CBr.N.N. The van der Waals surface area contributed by atoms with Gasteiger partial charge in [-0.3, -0.25) is 0 Å². The third-order valence-corrected chi connectivity index (χ3v) is 0.655. The van der Waals surface area contributed by atoms with Crippen molar-refractivity contribution in [1.82, 2.24) is 12.3 Å². The van der Waals surface area contributed by atoms with Crippen molar-refractivity contribution in [3.05, 3.63) is 11.1 Å². The van der Waals surface area contributed by atoms with Crippen LogP contribution in [0.3, 0.4) is 0 Å². The average Bonchev–Trinajstić information content (AvgIpc) is 1.37. The molecule has 0 aromatic carbocycles. The van der Waals surface area contributed by atoms with Crippen LogP contribution in [0.4, 0.5) is 0 Å². The second kappa shape index (κ2) is 19.2. The molecule has 0 heterocycles. The van der Waals surface area contributed by atoms with Gasteiger partial charge in [0.1, 0.15) is 0 Å². The van der Waals surface area contributed by atoms with Gasteiger partial charge >= 0.3 is 0 Å². The molecule has 0 aliphatic carbocycles. The molecule has 0 saturated heterocycles. The Morgan fingerprint density at radius 1 is 1.33 bits per heavy atom. The monoisotopic (exact) mass is 154 g/mol. The molecule has 0 unspecified atom stereocenters. The Bertz CT molecular complexity index is 24.0. The number of hydrogen-bond acceptors (Lipinski definition) is 2. The molecule has 0 bridgehead atoms. The van der Waals surface area contributed by atoms with Crippen molar-refractivity contribution < 1.29 is 0 Å². The minimum atomic E-state index is 0. The highest BCUT2D eigenvalue weighted by atomic mass is 79.9. The standard InChI is InChI=1S/C3H5Br.2H3N/c1-2-3-4;;/h2-3H,1H3;2*1H3. The molecule has 0 aromatic rings. The third-order valence-electron chi connectivity index (χ3n) is 0.126. The zero-order chi connectivity index (χ0) is 3.41. The molecule has 0 aromatic heterocycles. The predicted molar refractivity (Wildman–Crippen MR) is 33.8 cm³/mol. The van der Waals surface area contributed by atoms with E-state index in [1.54, 1.807) is 0 Å². The number of halogens is 1. The van der Waals surface area contributed by atoms with E-state index in [0.29, 0.717) is 0 Å². The smallest absolute Gasteiger partial charge is 0.0232 e. The van der Waals surface area contributed by atoms with Crippen LogP contribution in [0.2, 0.25) is 0 Å². The summed E-state index contributed by atoms with van der Waals surface area (Å²) in [5.41, 5.74) is 0. The van der Waals surface area contributed by atoms with Gasteiger partial charge in [0.05, 0.1) is 0 Å². The third kappa shape index (κ3) is 31.4. The first-order chi connectivity index (χ1) is 1.91. The maximum atomic E-state index is 3.07. The van der Waals surface area contributed by atoms with Gasteiger partial charge in [-0.15, -0.1) is 0 Å². The first-order valence-electron chi connectivity index (χ1n) is 1.13. The van der Waals surface area contributed by atoms with E-state index < -0.39 is 0 Å². The highest BCUT2D eigenvalue weighted by Crippen LogP contribution is 1.76. The van der Waals surface area contributed by atoms with Crippen LogP contribution in [-0.2, 0) is 0 Å². The van der Waals surface area contributed by atoms with E-state index in [4.69, 9.17) is 0 Å². The fourth-order valence-electron chi connectivity index (χ4n) is 0. The van der Waals surface area contributed by atoms with Crippen molar-refractivity contribution in [1.29, 1.82) is 0 Å². The topological polar surface area (TPSA) is 70.0 Å². The number of rotatable bonds is 0. The summed E-state index contributed by atoms with van der Waals surface area (Å²) < 4.78 is 0. The van der Waals surface area contributed by atoms with Gasteiger partial charge in [0.25, 0.3) is 0 Å².